The topological polar surface area (TPSA) is 235 Å². The van der Waals surface area contributed by atoms with E-state index < -0.39 is 78.0 Å². The first kappa shape index (κ1) is 29.7. The second-order valence-electron chi connectivity index (χ2n) is 7.09. The monoisotopic (exact) mass is 570 g/mol. The van der Waals surface area contributed by atoms with Gasteiger partial charge in [-0.2, -0.15) is 25.3 Å². The Morgan fingerprint density at radius 1 is 0.861 bits per heavy atom. The summed E-state index contributed by atoms with van der Waals surface area (Å²) < 4.78 is 99.5. The molecule has 0 unspecified atom stereocenters. The Morgan fingerprint density at radius 2 is 1.44 bits per heavy atom. The number of carbonyl (C=O) groups excluding carboxylic acids is 1. The van der Waals surface area contributed by atoms with Gasteiger partial charge in [0.1, 0.15) is 9.79 Å². The van der Waals surface area contributed by atoms with E-state index in [9.17, 15) is 53.8 Å². The molecule has 3 aromatic rings. The van der Waals surface area contributed by atoms with Crippen molar-refractivity contribution in [2.75, 3.05) is 5.32 Å². The molecule has 0 radical (unpaired) electrons. The van der Waals surface area contributed by atoms with Crippen molar-refractivity contribution in [2.45, 2.75) is 21.6 Å². The third-order valence-electron chi connectivity index (χ3n) is 4.78. The molecule has 14 nitrogen and oxygen atoms in total. The first-order valence-electron chi connectivity index (χ1n) is 9.01. The summed E-state index contributed by atoms with van der Waals surface area (Å²) in [4.78, 5) is 19.8. The summed E-state index contributed by atoms with van der Waals surface area (Å²) in [5.74, 6) is -1.02. The SMILES string of the molecule is Cc1ccc(C(=O)Nc2ccc(S(=O)(=O)O)c3cc(S(=O)(=O)O)cc(S(=O)(=O)O)c23)cc1[N+](=O)[O-].[NaH]. The number of hydrogen-bond acceptors (Lipinski definition) is 9. The molecule has 0 bridgehead atoms. The number of fused-ring (bicyclic) bond motifs is 1. The summed E-state index contributed by atoms with van der Waals surface area (Å²) in [5, 5.41) is 11.8. The van der Waals surface area contributed by atoms with Crippen LogP contribution < -0.4 is 5.32 Å². The maximum absolute atomic E-state index is 12.8. The van der Waals surface area contributed by atoms with Crippen LogP contribution in [0.4, 0.5) is 11.4 Å². The number of nitrogens with one attached hydrogen (secondary N) is 1. The number of rotatable bonds is 6. The molecule has 0 aliphatic carbocycles. The molecule has 3 aromatic carbocycles. The number of nitrogens with zero attached hydrogens (tertiary/aromatic N) is 1. The normalized spacial score (nSPS) is 12.1. The van der Waals surface area contributed by atoms with Crippen molar-refractivity contribution < 1.29 is 48.6 Å². The van der Waals surface area contributed by atoms with Crippen molar-refractivity contribution in [2.24, 2.45) is 0 Å². The Morgan fingerprint density at radius 3 is 1.94 bits per heavy atom. The Kier molecular flexibility index (Phi) is 8.36. The van der Waals surface area contributed by atoms with Crippen molar-refractivity contribution in [1.82, 2.24) is 0 Å². The summed E-state index contributed by atoms with van der Waals surface area (Å²) >= 11 is 0. The molecule has 0 aliphatic rings. The minimum absolute atomic E-state index is 0. The van der Waals surface area contributed by atoms with Gasteiger partial charge in [-0.05, 0) is 37.3 Å². The summed E-state index contributed by atoms with van der Waals surface area (Å²) in [6, 6.07) is 5.78. The molecule has 3 rings (SSSR count). The van der Waals surface area contributed by atoms with Crippen LogP contribution in [0.25, 0.3) is 10.8 Å². The number of benzene rings is 3. The van der Waals surface area contributed by atoms with Crippen molar-refractivity contribution in [1.29, 1.82) is 0 Å². The predicted molar refractivity (Wildman–Crippen MR) is 126 cm³/mol. The predicted octanol–water partition coefficient (Wildman–Crippen LogP) is 1.40. The number of nitro groups is 1. The molecule has 0 saturated heterocycles. The van der Waals surface area contributed by atoms with E-state index in [0.717, 1.165) is 12.1 Å². The molecule has 0 atom stereocenters. The molecule has 4 N–H and O–H groups in total. The van der Waals surface area contributed by atoms with Crippen LogP contribution in [0.1, 0.15) is 15.9 Å². The van der Waals surface area contributed by atoms with Crippen LogP contribution in [-0.4, -0.2) is 79.3 Å². The Balaban J connectivity index is 0.00000456. The molecule has 0 spiro atoms. The number of anilines is 1. The standard InChI is InChI=1S/C18H14N2O12S3.Na.H/c1-9-2-3-10(6-14(9)20(22)23)18(21)19-13-4-5-15(34(27,28)29)12-7-11(33(24,25)26)8-16(17(12)13)35(30,31)32;;/h2-8H,1H3,(H,19,21)(H,24,25,26)(H,27,28,29)(H,30,31,32);;. The Labute approximate surface area is 226 Å². The van der Waals surface area contributed by atoms with Gasteiger partial charge in [-0.3, -0.25) is 28.6 Å². The van der Waals surface area contributed by atoms with Crippen LogP contribution in [0.5, 0.6) is 0 Å². The molecule has 0 aliphatic heterocycles. The molecule has 0 saturated carbocycles. The first-order valence-corrected chi connectivity index (χ1v) is 13.3. The van der Waals surface area contributed by atoms with Crippen LogP contribution in [0.15, 0.2) is 57.2 Å². The molecule has 188 valence electrons. The van der Waals surface area contributed by atoms with E-state index in [0.29, 0.717) is 18.2 Å². The van der Waals surface area contributed by atoms with Gasteiger partial charge >= 0.3 is 29.6 Å². The van der Waals surface area contributed by atoms with Gasteiger partial charge in [0.05, 0.1) is 15.5 Å². The molecule has 0 aromatic heterocycles. The molecule has 18 heteroatoms. The summed E-state index contributed by atoms with van der Waals surface area (Å²) in [6.45, 7) is 1.42. The van der Waals surface area contributed by atoms with Gasteiger partial charge in [-0.25, -0.2) is 0 Å². The molecule has 36 heavy (non-hydrogen) atoms. The van der Waals surface area contributed by atoms with Gasteiger partial charge in [0, 0.05) is 28.0 Å². The van der Waals surface area contributed by atoms with Crippen molar-refractivity contribution in [3.63, 3.8) is 0 Å². The van der Waals surface area contributed by atoms with E-state index in [4.69, 9.17) is 0 Å². The summed E-state index contributed by atoms with van der Waals surface area (Å²) in [5.41, 5.74) is -0.894. The third kappa shape index (κ3) is 6.07. The minimum atomic E-state index is -5.31. The maximum atomic E-state index is 12.8. The number of aryl methyl sites for hydroxylation is 1. The molecular formula is C18H15N2NaO12S3. The molecular weight excluding hydrogens is 555 g/mol. The van der Waals surface area contributed by atoms with Gasteiger partial charge in [0.25, 0.3) is 41.9 Å². The van der Waals surface area contributed by atoms with Crippen LogP contribution in [0, 0.1) is 17.0 Å². The average molecular weight is 571 g/mol. The van der Waals surface area contributed by atoms with Crippen LogP contribution in [-0.2, 0) is 30.4 Å². The average Bonchev–Trinajstić information content (AvgIpc) is 2.70. The van der Waals surface area contributed by atoms with Gasteiger partial charge in [0.2, 0.25) is 0 Å². The Bertz CT molecular complexity index is 1750. The van der Waals surface area contributed by atoms with E-state index in [1.165, 1.54) is 19.1 Å². The number of hydrogen-bond donors (Lipinski definition) is 4. The number of carbonyl (C=O) groups is 1. The fraction of sp³-hybridized carbons (Fsp3) is 0.0556. The number of amides is 1. The zero-order valence-electron chi connectivity index (χ0n) is 17.2. The first-order chi connectivity index (χ1) is 15.9. The molecule has 0 heterocycles. The van der Waals surface area contributed by atoms with E-state index in [1.807, 2.05) is 0 Å². The Hall–Kier alpha value is -2.48. The second-order valence-corrected chi connectivity index (χ2v) is 11.3. The van der Waals surface area contributed by atoms with Gasteiger partial charge < -0.3 is 5.32 Å². The van der Waals surface area contributed by atoms with E-state index in [2.05, 4.69) is 5.32 Å². The van der Waals surface area contributed by atoms with Crippen LogP contribution in [0.3, 0.4) is 0 Å². The zero-order chi connectivity index (χ0) is 26.5. The summed E-state index contributed by atoms with van der Waals surface area (Å²) in [7, 11) is -15.6. The van der Waals surface area contributed by atoms with Gasteiger partial charge in [-0.1, -0.05) is 6.07 Å². The third-order valence-corrected chi connectivity index (χ3v) is 7.40. The van der Waals surface area contributed by atoms with Gasteiger partial charge in [0.15, 0.2) is 0 Å². The fourth-order valence-corrected chi connectivity index (χ4v) is 5.26. The quantitative estimate of drug-likeness (QED) is 0.142. The zero-order valence-corrected chi connectivity index (χ0v) is 19.7. The number of nitro benzene ring substituents is 1. The van der Waals surface area contributed by atoms with E-state index in [1.54, 1.807) is 0 Å². The van der Waals surface area contributed by atoms with E-state index >= 15 is 0 Å². The molecule has 1 amide bonds. The van der Waals surface area contributed by atoms with Crippen LogP contribution >= 0.6 is 0 Å². The van der Waals surface area contributed by atoms with Crippen molar-refractivity contribution >= 4 is 88.0 Å². The summed E-state index contributed by atoms with van der Waals surface area (Å²) in [6.07, 6.45) is 0. The van der Waals surface area contributed by atoms with Crippen molar-refractivity contribution in [3.8, 4) is 0 Å². The van der Waals surface area contributed by atoms with Crippen LogP contribution in [0.2, 0.25) is 0 Å². The van der Waals surface area contributed by atoms with E-state index in [-0.39, 0.29) is 40.7 Å². The fourth-order valence-electron chi connectivity index (χ4n) is 3.22. The van der Waals surface area contributed by atoms with Gasteiger partial charge in [-0.15, -0.1) is 0 Å². The molecule has 0 fully saturated rings. The van der Waals surface area contributed by atoms with Crippen molar-refractivity contribution in [3.05, 3.63) is 63.7 Å². The second kappa shape index (κ2) is 10.1.